The third-order valence-corrected chi connectivity index (χ3v) is 5.21. The van der Waals surface area contributed by atoms with Crippen LogP contribution in [-0.4, -0.2) is 24.7 Å². The predicted molar refractivity (Wildman–Crippen MR) is 71.9 cm³/mol. The van der Waals surface area contributed by atoms with Crippen molar-refractivity contribution >= 4 is 17.2 Å². The Hall–Kier alpha value is -0.870. The fourth-order valence-electron chi connectivity index (χ4n) is 3.28. The molecule has 2 atom stereocenters. The average molecular weight is 265 g/mol. The summed E-state index contributed by atoms with van der Waals surface area (Å²) in [5.74, 6) is 0.0717. The molecule has 4 heteroatoms. The number of ether oxygens (including phenoxy) is 1. The van der Waals surface area contributed by atoms with Gasteiger partial charge in [-0.15, -0.1) is 0 Å². The minimum Gasteiger partial charge on any atom is -0.378 e. The van der Waals surface area contributed by atoms with Crippen LogP contribution in [0.2, 0.25) is 0 Å². The van der Waals surface area contributed by atoms with Gasteiger partial charge in [-0.25, -0.2) is 0 Å². The lowest BCUT2D eigenvalue weighted by Crippen LogP contribution is -2.67. The van der Waals surface area contributed by atoms with Gasteiger partial charge in [0.05, 0.1) is 6.10 Å². The van der Waals surface area contributed by atoms with E-state index in [9.17, 15) is 4.79 Å². The van der Waals surface area contributed by atoms with Crippen LogP contribution < -0.4 is 5.32 Å². The second kappa shape index (κ2) is 4.67. The molecule has 0 saturated heterocycles. The number of thiophene rings is 1. The smallest absolute Gasteiger partial charge is 0.252 e. The van der Waals surface area contributed by atoms with Gasteiger partial charge in [-0.1, -0.05) is 6.42 Å². The highest BCUT2D eigenvalue weighted by Gasteiger charge is 2.59. The molecule has 0 unspecified atom stereocenters. The molecule has 1 amide bonds. The molecule has 1 aromatic rings. The topological polar surface area (TPSA) is 38.3 Å². The molecule has 0 radical (unpaired) electrons. The van der Waals surface area contributed by atoms with Crippen LogP contribution in [0.15, 0.2) is 16.8 Å². The summed E-state index contributed by atoms with van der Waals surface area (Å²) < 4.78 is 5.79. The molecule has 18 heavy (non-hydrogen) atoms. The van der Waals surface area contributed by atoms with Gasteiger partial charge in [0.25, 0.3) is 5.91 Å². The van der Waals surface area contributed by atoms with E-state index in [2.05, 4.69) is 5.32 Å². The minimum atomic E-state index is 0.0717. The van der Waals surface area contributed by atoms with Gasteiger partial charge in [0.1, 0.15) is 0 Å². The van der Waals surface area contributed by atoms with Crippen LogP contribution in [0, 0.1) is 5.41 Å². The van der Waals surface area contributed by atoms with E-state index in [0.717, 1.165) is 18.6 Å². The van der Waals surface area contributed by atoms with Crippen LogP contribution in [-0.2, 0) is 4.74 Å². The zero-order valence-corrected chi connectivity index (χ0v) is 11.5. The van der Waals surface area contributed by atoms with E-state index in [0.29, 0.717) is 12.1 Å². The number of carbonyl (C=O) groups excluding carboxylic acids is 1. The molecule has 3 nitrogen and oxygen atoms in total. The first kappa shape index (κ1) is 12.2. The number of rotatable bonds is 4. The molecule has 0 aliphatic heterocycles. The first-order chi connectivity index (χ1) is 8.76. The van der Waals surface area contributed by atoms with Gasteiger partial charge in [-0.2, -0.15) is 11.3 Å². The third kappa shape index (κ3) is 1.79. The Bertz CT molecular complexity index is 425. The maximum Gasteiger partial charge on any atom is 0.252 e. The molecular formula is C14H19NO2S. The Labute approximate surface area is 112 Å². The van der Waals surface area contributed by atoms with Gasteiger partial charge in [0, 0.05) is 29.0 Å². The second-order valence-electron chi connectivity index (χ2n) is 5.30. The second-order valence-corrected chi connectivity index (χ2v) is 6.08. The van der Waals surface area contributed by atoms with E-state index in [1.165, 1.54) is 19.3 Å². The standard InChI is InChI=1S/C14H19NO2S/c1-2-17-12-8-11(14(12)5-3-6-14)15-13(16)10-4-7-18-9-10/h4,7,9,11-12H,2-3,5-6,8H2,1H3,(H,15,16)/t11-,12+/m0/s1. The Kier molecular flexibility index (Phi) is 3.16. The van der Waals surface area contributed by atoms with Crippen LogP contribution in [0.5, 0.6) is 0 Å². The Balaban J connectivity index is 1.63. The fourth-order valence-corrected chi connectivity index (χ4v) is 3.91. The SMILES string of the molecule is CCO[C@@H]1C[C@H](NC(=O)c2ccsc2)C12CCC2. The van der Waals surface area contributed by atoms with Gasteiger partial charge in [-0.3, -0.25) is 4.79 Å². The third-order valence-electron chi connectivity index (χ3n) is 4.53. The van der Waals surface area contributed by atoms with Crippen LogP contribution in [0.1, 0.15) is 43.0 Å². The molecular weight excluding hydrogens is 246 g/mol. The Morgan fingerprint density at radius 1 is 1.61 bits per heavy atom. The van der Waals surface area contributed by atoms with Crippen LogP contribution in [0.3, 0.4) is 0 Å². The van der Waals surface area contributed by atoms with Crippen molar-refractivity contribution in [2.75, 3.05) is 6.61 Å². The molecule has 0 aromatic carbocycles. The quantitative estimate of drug-likeness (QED) is 0.909. The number of amides is 1. The van der Waals surface area contributed by atoms with Gasteiger partial charge in [0.15, 0.2) is 0 Å². The summed E-state index contributed by atoms with van der Waals surface area (Å²) in [5.41, 5.74) is 1.04. The Morgan fingerprint density at radius 3 is 3.00 bits per heavy atom. The molecule has 1 N–H and O–H groups in total. The lowest BCUT2D eigenvalue weighted by Gasteiger charge is -2.61. The summed E-state index contributed by atoms with van der Waals surface area (Å²) in [5, 5.41) is 7.03. The Morgan fingerprint density at radius 2 is 2.44 bits per heavy atom. The van der Waals surface area contributed by atoms with Crippen molar-refractivity contribution in [2.24, 2.45) is 5.41 Å². The maximum atomic E-state index is 12.1. The molecule has 98 valence electrons. The summed E-state index contributed by atoms with van der Waals surface area (Å²) in [6.45, 7) is 2.82. The van der Waals surface area contributed by atoms with Crippen molar-refractivity contribution in [1.29, 1.82) is 0 Å². The molecule has 2 saturated carbocycles. The molecule has 1 aromatic heterocycles. The van der Waals surface area contributed by atoms with Crippen molar-refractivity contribution in [2.45, 2.75) is 44.8 Å². The van der Waals surface area contributed by atoms with Crippen LogP contribution >= 0.6 is 11.3 Å². The molecule has 3 rings (SSSR count). The molecule has 2 aliphatic rings. The summed E-state index contributed by atoms with van der Waals surface area (Å²) in [6, 6.07) is 2.20. The highest BCUT2D eigenvalue weighted by Crippen LogP contribution is 2.57. The zero-order valence-electron chi connectivity index (χ0n) is 10.6. The maximum absolute atomic E-state index is 12.1. The van der Waals surface area contributed by atoms with Crippen molar-refractivity contribution in [1.82, 2.24) is 5.32 Å². The molecule has 1 spiro atoms. The van der Waals surface area contributed by atoms with Crippen molar-refractivity contribution in [3.8, 4) is 0 Å². The number of hydrogen-bond acceptors (Lipinski definition) is 3. The van der Waals surface area contributed by atoms with Gasteiger partial charge >= 0.3 is 0 Å². The van der Waals surface area contributed by atoms with Crippen molar-refractivity contribution in [3.05, 3.63) is 22.4 Å². The van der Waals surface area contributed by atoms with E-state index in [1.54, 1.807) is 11.3 Å². The van der Waals surface area contributed by atoms with Crippen molar-refractivity contribution < 1.29 is 9.53 Å². The van der Waals surface area contributed by atoms with E-state index < -0.39 is 0 Å². The summed E-state index contributed by atoms with van der Waals surface area (Å²) in [7, 11) is 0. The molecule has 0 bridgehead atoms. The molecule has 2 fully saturated rings. The highest BCUT2D eigenvalue weighted by molar-refractivity contribution is 7.08. The summed E-state index contributed by atoms with van der Waals surface area (Å²) in [6.07, 6.45) is 5.01. The monoisotopic (exact) mass is 265 g/mol. The summed E-state index contributed by atoms with van der Waals surface area (Å²) >= 11 is 1.56. The molecule has 1 heterocycles. The zero-order chi connectivity index (χ0) is 12.6. The number of hydrogen-bond donors (Lipinski definition) is 1. The number of nitrogens with one attached hydrogen (secondary N) is 1. The number of carbonyl (C=O) groups is 1. The van der Waals surface area contributed by atoms with Gasteiger partial charge < -0.3 is 10.1 Å². The van der Waals surface area contributed by atoms with E-state index >= 15 is 0 Å². The lowest BCUT2D eigenvalue weighted by atomic mass is 9.51. The largest absolute Gasteiger partial charge is 0.378 e. The van der Waals surface area contributed by atoms with Gasteiger partial charge in [-0.05, 0) is 37.6 Å². The predicted octanol–water partition coefficient (Wildman–Crippen LogP) is 2.83. The van der Waals surface area contributed by atoms with Gasteiger partial charge in [0.2, 0.25) is 0 Å². The first-order valence-electron chi connectivity index (χ1n) is 6.71. The minimum absolute atomic E-state index is 0.0717. The van der Waals surface area contributed by atoms with E-state index in [-0.39, 0.29) is 11.3 Å². The fraction of sp³-hybridized carbons (Fsp3) is 0.643. The first-order valence-corrected chi connectivity index (χ1v) is 7.65. The van der Waals surface area contributed by atoms with E-state index in [1.807, 2.05) is 23.8 Å². The van der Waals surface area contributed by atoms with E-state index in [4.69, 9.17) is 4.74 Å². The average Bonchev–Trinajstić information content (AvgIpc) is 2.78. The van der Waals surface area contributed by atoms with Crippen LogP contribution in [0.4, 0.5) is 0 Å². The molecule has 2 aliphatic carbocycles. The normalized spacial score (nSPS) is 28.5. The summed E-state index contributed by atoms with van der Waals surface area (Å²) in [4.78, 5) is 12.1. The van der Waals surface area contributed by atoms with Crippen molar-refractivity contribution in [3.63, 3.8) is 0 Å². The lowest BCUT2D eigenvalue weighted by molar-refractivity contribution is -0.169. The highest BCUT2D eigenvalue weighted by atomic mass is 32.1. The van der Waals surface area contributed by atoms with Crippen LogP contribution in [0.25, 0.3) is 0 Å².